The molecule has 1 atom stereocenters. The van der Waals surface area contributed by atoms with Crippen LogP contribution in [0.3, 0.4) is 0 Å². The number of nitrogens with one attached hydrogen (secondary N) is 2. The molecule has 4 N–H and O–H groups in total. The van der Waals surface area contributed by atoms with E-state index in [0.717, 1.165) is 54.2 Å². The monoisotopic (exact) mass is 1110 g/mol. The molecular weight excluding hydrogens is 1050 g/mol. The summed E-state index contributed by atoms with van der Waals surface area (Å²) in [7, 11) is -10.7. The summed E-state index contributed by atoms with van der Waals surface area (Å²) in [6.45, 7) is 9.63. The molecule has 0 radical (unpaired) electrons. The number of nitrogens with zero attached hydrogens (tertiary/aromatic N) is 4. The first-order valence-electron chi connectivity index (χ1n) is 24.5. The number of aromatic carboxylic acids is 1. The Kier molecular flexibility index (Phi) is 17.2. The van der Waals surface area contributed by atoms with Gasteiger partial charge in [-0.3, -0.25) is 4.72 Å². The third-order valence-electron chi connectivity index (χ3n) is 13.8. The van der Waals surface area contributed by atoms with Gasteiger partial charge in [-0.25, -0.2) is 26.0 Å². The summed E-state index contributed by atoms with van der Waals surface area (Å²) in [6.07, 6.45) is 2.05. The van der Waals surface area contributed by atoms with Crippen molar-refractivity contribution in [3.05, 3.63) is 137 Å². The molecule has 3 heterocycles. The van der Waals surface area contributed by atoms with Gasteiger partial charge in [-0.15, -0.1) is 11.8 Å². The van der Waals surface area contributed by atoms with E-state index in [1.54, 1.807) is 37.3 Å². The maximum atomic E-state index is 15.7. The van der Waals surface area contributed by atoms with Crippen LogP contribution in [0.2, 0.25) is 5.02 Å². The summed E-state index contributed by atoms with van der Waals surface area (Å²) in [4.78, 5) is 18.1. The molecule has 75 heavy (non-hydrogen) atoms. The van der Waals surface area contributed by atoms with Crippen LogP contribution in [0.1, 0.15) is 55.2 Å². The SMILES string of the molecule is Cc1c(C(=O)O)c(-c2cc(F)cc(N3CCN(c4ccc(NS(=O)(=O)c5ccc(N[C@H](CCN6CCC(CO)CC6)CSc6ccccc6)c(S(=O)(=O)C(F)(F)F)c5)cc4)CC3)c2)c(-c2ccc(Cl)cc2)n1C(C)C. The van der Waals surface area contributed by atoms with E-state index >= 15 is 4.39 Å². The Labute approximate surface area is 444 Å². The predicted molar refractivity (Wildman–Crippen MR) is 289 cm³/mol. The smallest absolute Gasteiger partial charge is 0.478 e. The molecule has 6 aromatic rings. The van der Waals surface area contributed by atoms with E-state index in [1.807, 2.05) is 70.7 Å². The van der Waals surface area contributed by atoms with Gasteiger partial charge in [0.1, 0.15) is 10.7 Å². The summed E-state index contributed by atoms with van der Waals surface area (Å²) in [5.41, 5.74) is -2.00. The van der Waals surface area contributed by atoms with Crippen molar-refractivity contribution in [1.82, 2.24) is 9.47 Å². The van der Waals surface area contributed by atoms with Crippen molar-refractivity contribution in [1.29, 1.82) is 0 Å². The Balaban J connectivity index is 0.976. The van der Waals surface area contributed by atoms with Crippen LogP contribution in [0.4, 0.5) is 40.3 Å². The number of benzene rings is 5. The maximum Gasteiger partial charge on any atom is 0.501 e. The lowest BCUT2D eigenvalue weighted by atomic mass is 9.96. The second-order valence-electron chi connectivity index (χ2n) is 19.1. The number of carboxylic acids is 1. The number of anilines is 4. The average molecular weight is 1110 g/mol. The predicted octanol–water partition coefficient (Wildman–Crippen LogP) is 11.3. The highest BCUT2D eigenvalue weighted by Gasteiger charge is 2.48. The van der Waals surface area contributed by atoms with Gasteiger partial charge in [0, 0.05) is 95.4 Å². The number of carbonyl (C=O) groups is 1. The molecule has 2 saturated heterocycles. The molecular formula is C54H59ClF4N6O7S3. The molecule has 2 fully saturated rings. The molecule has 21 heteroatoms. The summed E-state index contributed by atoms with van der Waals surface area (Å²) >= 11 is 7.68. The number of aliphatic hydroxyl groups excluding tert-OH is 1. The number of piperidine rings is 1. The molecule has 0 aliphatic carbocycles. The zero-order chi connectivity index (χ0) is 53.8. The number of carboxylic acid groups (broad SMARTS) is 1. The molecule has 0 unspecified atom stereocenters. The Hall–Kier alpha value is -5.77. The van der Waals surface area contributed by atoms with Gasteiger partial charge in [0.25, 0.3) is 19.9 Å². The highest BCUT2D eigenvalue weighted by atomic mass is 35.5. The fraction of sp³-hybridized carbons (Fsp3) is 0.352. The van der Waals surface area contributed by atoms with Gasteiger partial charge in [-0.2, -0.15) is 13.2 Å². The van der Waals surface area contributed by atoms with Crippen molar-refractivity contribution in [2.75, 3.05) is 78.0 Å². The van der Waals surface area contributed by atoms with Gasteiger partial charge in [-0.1, -0.05) is 41.9 Å². The lowest BCUT2D eigenvalue weighted by Gasteiger charge is -2.37. The van der Waals surface area contributed by atoms with Crippen molar-refractivity contribution < 1.29 is 49.4 Å². The highest BCUT2D eigenvalue weighted by Crippen LogP contribution is 2.43. The Morgan fingerprint density at radius 1 is 0.813 bits per heavy atom. The van der Waals surface area contributed by atoms with Crippen molar-refractivity contribution in [3.63, 3.8) is 0 Å². The highest BCUT2D eigenvalue weighted by molar-refractivity contribution is 7.99. The molecule has 8 rings (SSSR count). The summed E-state index contributed by atoms with van der Waals surface area (Å²) in [5.74, 6) is -1.11. The zero-order valence-electron chi connectivity index (χ0n) is 41.5. The number of sulfonamides is 1. The Morgan fingerprint density at radius 2 is 1.45 bits per heavy atom. The molecule has 2 aliphatic heterocycles. The molecule has 13 nitrogen and oxygen atoms in total. The van der Waals surface area contributed by atoms with E-state index in [4.69, 9.17) is 11.6 Å². The van der Waals surface area contributed by atoms with E-state index in [-0.39, 0.29) is 35.5 Å². The minimum Gasteiger partial charge on any atom is -0.478 e. The van der Waals surface area contributed by atoms with Crippen LogP contribution >= 0.6 is 23.4 Å². The largest absolute Gasteiger partial charge is 0.501 e. The quantitative estimate of drug-likeness (QED) is 0.0449. The maximum absolute atomic E-state index is 15.7. The van der Waals surface area contributed by atoms with E-state index in [9.17, 15) is 45.0 Å². The van der Waals surface area contributed by atoms with Gasteiger partial charge in [0.2, 0.25) is 0 Å². The van der Waals surface area contributed by atoms with Gasteiger partial charge in [-0.05, 0) is 155 Å². The van der Waals surface area contributed by atoms with E-state index in [0.29, 0.717) is 84.2 Å². The van der Waals surface area contributed by atoms with Crippen LogP contribution < -0.4 is 19.8 Å². The first kappa shape index (κ1) is 55.5. The number of piperazine rings is 1. The molecule has 1 aromatic heterocycles. The number of alkyl halides is 3. The van der Waals surface area contributed by atoms with Crippen molar-refractivity contribution in [2.24, 2.45) is 5.92 Å². The molecule has 0 saturated carbocycles. The molecule has 0 bridgehead atoms. The number of hydrogen-bond acceptors (Lipinski definition) is 11. The molecule has 0 amide bonds. The van der Waals surface area contributed by atoms with Crippen LogP contribution in [0, 0.1) is 18.7 Å². The first-order chi connectivity index (χ1) is 35.6. The zero-order valence-corrected chi connectivity index (χ0v) is 44.7. The number of likely N-dealkylation sites (tertiary alicyclic amines) is 1. The van der Waals surface area contributed by atoms with E-state index in [2.05, 4.69) is 14.9 Å². The number of aromatic nitrogens is 1. The normalized spacial score (nSPS) is 15.6. The number of sulfone groups is 1. The number of rotatable bonds is 19. The van der Waals surface area contributed by atoms with Crippen LogP contribution in [0.5, 0.6) is 0 Å². The third-order valence-corrected chi connectivity index (χ3v) is 18.1. The van der Waals surface area contributed by atoms with Crippen LogP contribution in [-0.4, -0.2) is 112 Å². The molecule has 2 aliphatic rings. The summed E-state index contributed by atoms with van der Waals surface area (Å²) in [6, 6.07) is 29.3. The second-order valence-corrected chi connectivity index (χ2v) is 24.2. The van der Waals surface area contributed by atoms with E-state index in [1.165, 1.54) is 36.0 Å². The first-order valence-corrected chi connectivity index (χ1v) is 28.9. The van der Waals surface area contributed by atoms with Crippen molar-refractivity contribution >= 4 is 71.9 Å². The van der Waals surface area contributed by atoms with Gasteiger partial charge < -0.3 is 34.8 Å². The average Bonchev–Trinajstić information content (AvgIpc) is 3.73. The summed E-state index contributed by atoms with van der Waals surface area (Å²) in [5, 5.41) is 23.7. The lowest BCUT2D eigenvalue weighted by molar-refractivity contribution is -0.0436. The fourth-order valence-electron chi connectivity index (χ4n) is 9.86. The lowest BCUT2D eigenvalue weighted by Crippen LogP contribution is -2.46. The minimum absolute atomic E-state index is 0.0712. The van der Waals surface area contributed by atoms with Gasteiger partial charge in [0.15, 0.2) is 0 Å². The molecule has 0 spiro atoms. The van der Waals surface area contributed by atoms with Gasteiger partial charge in [0.05, 0.1) is 21.8 Å². The minimum atomic E-state index is -6.05. The van der Waals surface area contributed by atoms with E-state index < -0.39 is 53.0 Å². The van der Waals surface area contributed by atoms with Crippen molar-refractivity contribution in [2.45, 2.75) is 72.3 Å². The van der Waals surface area contributed by atoms with Crippen molar-refractivity contribution in [3.8, 4) is 22.4 Å². The third kappa shape index (κ3) is 12.7. The fourth-order valence-corrected chi connectivity index (χ4v) is 13.1. The number of hydrogen-bond donors (Lipinski definition) is 4. The molecule has 400 valence electrons. The molecule has 5 aromatic carbocycles. The number of thioether (sulfide) groups is 1. The van der Waals surface area contributed by atoms with Crippen LogP contribution in [-0.2, 0) is 19.9 Å². The number of halogens is 5. The summed E-state index contributed by atoms with van der Waals surface area (Å²) < 4.78 is 117. The standard InChI is InChI=1S/C54H59ClF4N6O7S3/c1-35(2)65-36(3)50(53(67)68)51(52(65)38-9-11-40(55)12-10-38)39-29-41(56)31-45(30-39)64-27-25-63(26-28-64)44-15-13-42(14-16-44)61-75(71,72)47-17-18-48(49(32-47)74(69,70)54(57,58)59)60-43(34-73-46-7-5-4-6-8-46)21-24-62-22-19-37(33-66)20-23-62/h4-18,29-32,35,37,43,60-61,66H,19-28,33-34H2,1-3H3,(H,67,68)/t43-/m1/s1. The van der Waals surface area contributed by atoms with Crippen LogP contribution in [0.15, 0.2) is 130 Å². The van der Waals surface area contributed by atoms with Gasteiger partial charge >= 0.3 is 11.5 Å². The second kappa shape index (κ2) is 23.2. The topological polar surface area (TPSA) is 165 Å². The van der Waals surface area contributed by atoms with Crippen LogP contribution in [0.25, 0.3) is 22.4 Å². The number of aliphatic hydroxyl groups is 1. The Morgan fingerprint density at radius 3 is 2.05 bits per heavy atom. The Bertz CT molecular complexity index is 3200.